The lowest BCUT2D eigenvalue weighted by Crippen LogP contribution is -2.22. The molecule has 0 saturated carbocycles. The number of nitrogens with two attached hydrogens (primary N) is 1. The summed E-state index contributed by atoms with van der Waals surface area (Å²) in [5.41, 5.74) is 7.41. The molecule has 21 heavy (non-hydrogen) atoms. The van der Waals surface area contributed by atoms with Crippen LogP contribution >= 0.6 is 11.8 Å². The molecule has 2 aromatic carbocycles. The van der Waals surface area contributed by atoms with Crippen LogP contribution in [0.1, 0.15) is 17.3 Å². The van der Waals surface area contributed by atoms with Gasteiger partial charge in [0.1, 0.15) is 0 Å². The van der Waals surface area contributed by atoms with Crippen LogP contribution in [0.5, 0.6) is 0 Å². The molecule has 1 atom stereocenters. The third-order valence-corrected chi connectivity index (χ3v) is 4.12. The predicted molar refractivity (Wildman–Crippen MR) is 83.4 cm³/mol. The van der Waals surface area contributed by atoms with Crippen LogP contribution in [0.2, 0.25) is 0 Å². The van der Waals surface area contributed by atoms with E-state index < -0.39 is 5.97 Å². The monoisotopic (exact) mass is 301 g/mol. The molecule has 0 aromatic heterocycles. The first-order valence-corrected chi connectivity index (χ1v) is 7.25. The molecule has 0 aliphatic rings. The van der Waals surface area contributed by atoms with E-state index in [1.165, 1.54) is 11.8 Å². The summed E-state index contributed by atoms with van der Waals surface area (Å²) in [6, 6.07) is 14.4. The highest BCUT2D eigenvalue weighted by atomic mass is 32.2. The number of rotatable bonds is 5. The molecule has 2 rings (SSSR count). The van der Waals surface area contributed by atoms with Crippen molar-refractivity contribution in [3.05, 3.63) is 54.1 Å². The van der Waals surface area contributed by atoms with Gasteiger partial charge in [-0.1, -0.05) is 24.3 Å². The number of carboxylic acid groups (broad SMARTS) is 1. The Bertz CT molecular complexity index is 667. The zero-order valence-corrected chi connectivity index (χ0v) is 12.3. The molecule has 0 radical (unpaired) electrons. The van der Waals surface area contributed by atoms with Crippen molar-refractivity contribution in [1.82, 2.24) is 0 Å². The molecule has 2 aromatic rings. The normalized spacial score (nSPS) is 11.9. The summed E-state index contributed by atoms with van der Waals surface area (Å²) in [7, 11) is 0. The maximum atomic E-state index is 11.1. The number of hydrogen-bond acceptors (Lipinski definition) is 3. The summed E-state index contributed by atoms with van der Waals surface area (Å²) in [5.74, 6) is -1.29. The van der Waals surface area contributed by atoms with Gasteiger partial charge in [-0.05, 0) is 42.3 Å². The molecule has 0 bridgehead atoms. The van der Waals surface area contributed by atoms with Crippen molar-refractivity contribution in [3.63, 3.8) is 0 Å². The van der Waals surface area contributed by atoms with Gasteiger partial charge in [-0.2, -0.15) is 0 Å². The van der Waals surface area contributed by atoms with E-state index in [0.717, 1.165) is 16.0 Å². The summed E-state index contributed by atoms with van der Waals surface area (Å²) < 4.78 is 0. The smallest absolute Gasteiger partial charge is 0.335 e. The number of benzene rings is 2. The quantitative estimate of drug-likeness (QED) is 0.832. The lowest BCUT2D eigenvalue weighted by Gasteiger charge is -2.09. The van der Waals surface area contributed by atoms with Gasteiger partial charge in [-0.25, -0.2) is 4.79 Å². The van der Waals surface area contributed by atoms with Crippen LogP contribution in [0.4, 0.5) is 0 Å². The van der Waals surface area contributed by atoms with Crippen LogP contribution in [0.3, 0.4) is 0 Å². The molecule has 0 heterocycles. The van der Waals surface area contributed by atoms with Gasteiger partial charge in [0.05, 0.1) is 10.8 Å². The van der Waals surface area contributed by atoms with Gasteiger partial charge in [0.15, 0.2) is 0 Å². The first kappa shape index (κ1) is 15.1. The van der Waals surface area contributed by atoms with E-state index in [4.69, 9.17) is 10.8 Å². The van der Waals surface area contributed by atoms with Crippen molar-refractivity contribution in [3.8, 4) is 11.1 Å². The molecule has 0 aliphatic heterocycles. The van der Waals surface area contributed by atoms with Crippen molar-refractivity contribution >= 4 is 23.6 Å². The minimum absolute atomic E-state index is 0.256. The molecule has 3 N–H and O–H groups in total. The summed E-state index contributed by atoms with van der Waals surface area (Å²) >= 11 is 1.40. The number of carboxylic acids is 1. The number of aromatic carboxylic acids is 1. The van der Waals surface area contributed by atoms with Gasteiger partial charge in [0.25, 0.3) is 0 Å². The van der Waals surface area contributed by atoms with Crippen LogP contribution in [-0.4, -0.2) is 22.2 Å². The molecule has 4 nitrogen and oxygen atoms in total. The van der Waals surface area contributed by atoms with Gasteiger partial charge in [0.2, 0.25) is 5.91 Å². The zero-order valence-electron chi connectivity index (χ0n) is 11.4. The van der Waals surface area contributed by atoms with E-state index in [9.17, 15) is 9.59 Å². The Morgan fingerprint density at radius 1 is 1.10 bits per heavy atom. The SMILES string of the molecule is CC(Sc1cccc(-c2ccc(C(=O)O)cc2)c1)C(N)=O. The number of thioether (sulfide) groups is 1. The Morgan fingerprint density at radius 3 is 2.33 bits per heavy atom. The lowest BCUT2D eigenvalue weighted by molar-refractivity contribution is -0.117. The zero-order chi connectivity index (χ0) is 15.4. The fraction of sp³-hybridized carbons (Fsp3) is 0.125. The average Bonchev–Trinajstić information content (AvgIpc) is 2.47. The highest BCUT2D eigenvalue weighted by Crippen LogP contribution is 2.28. The maximum Gasteiger partial charge on any atom is 0.335 e. The highest BCUT2D eigenvalue weighted by molar-refractivity contribution is 8.00. The topological polar surface area (TPSA) is 80.4 Å². The second-order valence-corrected chi connectivity index (χ2v) is 5.99. The van der Waals surface area contributed by atoms with E-state index in [0.29, 0.717) is 0 Å². The van der Waals surface area contributed by atoms with Crippen LogP contribution in [0.15, 0.2) is 53.4 Å². The van der Waals surface area contributed by atoms with Crippen molar-refractivity contribution < 1.29 is 14.7 Å². The average molecular weight is 301 g/mol. The molecule has 5 heteroatoms. The fourth-order valence-electron chi connectivity index (χ4n) is 1.82. The Labute approximate surface area is 127 Å². The number of hydrogen-bond donors (Lipinski definition) is 2. The molecule has 0 fully saturated rings. The summed E-state index contributed by atoms with van der Waals surface area (Å²) in [6.07, 6.45) is 0. The minimum atomic E-state index is -0.943. The summed E-state index contributed by atoms with van der Waals surface area (Å²) in [6.45, 7) is 1.77. The predicted octanol–water partition coefficient (Wildman–Crippen LogP) is 3.02. The highest BCUT2D eigenvalue weighted by Gasteiger charge is 2.11. The largest absolute Gasteiger partial charge is 0.478 e. The summed E-state index contributed by atoms with van der Waals surface area (Å²) in [4.78, 5) is 22.9. The van der Waals surface area contributed by atoms with Gasteiger partial charge >= 0.3 is 5.97 Å². The molecule has 0 saturated heterocycles. The Hall–Kier alpha value is -2.27. The first-order valence-electron chi connectivity index (χ1n) is 6.37. The molecule has 1 amide bonds. The number of primary amides is 1. The molecule has 1 unspecified atom stereocenters. The van der Waals surface area contributed by atoms with E-state index in [2.05, 4.69) is 0 Å². The maximum absolute atomic E-state index is 11.1. The second-order valence-electron chi connectivity index (χ2n) is 4.57. The molecular weight excluding hydrogens is 286 g/mol. The van der Waals surface area contributed by atoms with Gasteiger partial charge in [-0.15, -0.1) is 11.8 Å². The Kier molecular flexibility index (Phi) is 4.65. The third-order valence-electron chi connectivity index (χ3n) is 3.01. The van der Waals surface area contributed by atoms with Crippen LogP contribution in [0, 0.1) is 0 Å². The molecule has 108 valence electrons. The Balaban J connectivity index is 2.24. The molecular formula is C16H15NO3S. The molecule has 0 spiro atoms. The number of amides is 1. The van der Waals surface area contributed by atoms with Gasteiger partial charge < -0.3 is 10.8 Å². The van der Waals surface area contributed by atoms with Crippen molar-refractivity contribution in [1.29, 1.82) is 0 Å². The minimum Gasteiger partial charge on any atom is -0.478 e. The van der Waals surface area contributed by atoms with Crippen molar-refractivity contribution in [2.45, 2.75) is 17.1 Å². The second kappa shape index (κ2) is 6.45. The van der Waals surface area contributed by atoms with Crippen LogP contribution < -0.4 is 5.73 Å². The third kappa shape index (κ3) is 3.86. The van der Waals surface area contributed by atoms with Gasteiger partial charge in [-0.3, -0.25) is 4.79 Å². The van der Waals surface area contributed by atoms with Crippen LogP contribution in [0.25, 0.3) is 11.1 Å². The van der Waals surface area contributed by atoms with E-state index in [1.54, 1.807) is 31.2 Å². The standard InChI is InChI=1S/C16H15NO3S/c1-10(15(17)18)21-14-4-2-3-13(9-14)11-5-7-12(8-6-11)16(19)20/h2-10H,1H3,(H2,17,18)(H,19,20). The van der Waals surface area contributed by atoms with E-state index in [1.807, 2.05) is 24.3 Å². The van der Waals surface area contributed by atoms with Crippen LogP contribution in [-0.2, 0) is 4.79 Å². The first-order chi connectivity index (χ1) is 9.97. The number of carbonyl (C=O) groups is 2. The Morgan fingerprint density at radius 2 is 1.76 bits per heavy atom. The van der Waals surface area contributed by atoms with E-state index >= 15 is 0 Å². The summed E-state index contributed by atoms with van der Waals surface area (Å²) in [5, 5.41) is 8.60. The molecule has 0 aliphatic carbocycles. The van der Waals surface area contributed by atoms with Crippen molar-refractivity contribution in [2.75, 3.05) is 0 Å². The van der Waals surface area contributed by atoms with E-state index in [-0.39, 0.29) is 16.7 Å². The number of carbonyl (C=O) groups excluding carboxylic acids is 1. The van der Waals surface area contributed by atoms with Crippen molar-refractivity contribution in [2.24, 2.45) is 5.73 Å². The lowest BCUT2D eigenvalue weighted by atomic mass is 10.0. The van der Waals surface area contributed by atoms with Gasteiger partial charge in [0, 0.05) is 4.90 Å². The fourth-order valence-corrected chi connectivity index (χ4v) is 2.69.